The minimum absolute atomic E-state index is 0.0842. The highest BCUT2D eigenvalue weighted by molar-refractivity contribution is 7.99. The highest BCUT2D eigenvalue weighted by Crippen LogP contribution is 2.26. The van der Waals surface area contributed by atoms with Gasteiger partial charge in [0.15, 0.2) is 5.78 Å². The second-order valence-corrected chi connectivity index (χ2v) is 5.75. The van der Waals surface area contributed by atoms with Crippen LogP contribution in [-0.4, -0.2) is 37.0 Å². The van der Waals surface area contributed by atoms with Crippen LogP contribution in [0.15, 0.2) is 12.1 Å². The number of rotatable bonds is 3. The van der Waals surface area contributed by atoms with E-state index < -0.39 is 0 Å². The van der Waals surface area contributed by atoms with Crippen molar-refractivity contribution in [1.82, 2.24) is 5.32 Å². The van der Waals surface area contributed by atoms with Crippen molar-refractivity contribution < 1.29 is 9.53 Å². The summed E-state index contributed by atoms with van der Waals surface area (Å²) in [6.45, 7) is 4.88. The molecule has 0 amide bonds. The molecule has 3 nitrogen and oxygen atoms in total. The van der Waals surface area contributed by atoms with E-state index in [1.165, 1.54) is 0 Å². The van der Waals surface area contributed by atoms with Crippen molar-refractivity contribution in [3.05, 3.63) is 28.8 Å². The molecule has 1 fully saturated rings. The second kappa shape index (κ2) is 5.76. The van der Waals surface area contributed by atoms with Gasteiger partial charge in [0.05, 0.1) is 18.7 Å². The number of ether oxygens (including phenoxy) is 1. The van der Waals surface area contributed by atoms with Crippen LogP contribution < -0.4 is 10.1 Å². The van der Waals surface area contributed by atoms with Gasteiger partial charge < -0.3 is 10.1 Å². The number of methoxy groups -OCH3 is 1. The van der Waals surface area contributed by atoms with Gasteiger partial charge in [0.2, 0.25) is 0 Å². The van der Waals surface area contributed by atoms with Crippen LogP contribution in [0.3, 0.4) is 0 Å². The Bertz CT molecular complexity index is 453. The molecular formula is C14H19NO2S. The maximum atomic E-state index is 12.6. The van der Waals surface area contributed by atoms with E-state index in [1.807, 2.05) is 37.7 Å². The highest BCUT2D eigenvalue weighted by Gasteiger charge is 2.26. The molecule has 0 bridgehead atoms. The lowest BCUT2D eigenvalue weighted by atomic mass is 9.97. The Hall–Kier alpha value is -1.00. The summed E-state index contributed by atoms with van der Waals surface area (Å²) < 4.78 is 5.36. The van der Waals surface area contributed by atoms with Crippen LogP contribution in [0.5, 0.6) is 5.75 Å². The molecule has 0 aromatic heterocycles. The van der Waals surface area contributed by atoms with E-state index in [4.69, 9.17) is 4.74 Å². The molecule has 1 aromatic carbocycles. The van der Waals surface area contributed by atoms with E-state index in [1.54, 1.807) is 7.11 Å². The fraction of sp³-hybridized carbons (Fsp3) is 0.500. The summed E-state index contributed by atoms with van der Waals surface area (Å²) in [4.78, 5) is 12.6. The molecule has 1 aromatic rings. The summed E-state index contributed by atoms with van der Waals surface area (Å²) in [6.07, 6.45) is 0. The second-order valence-electron chi connectivity index (χ2n) is 4.60. The first-order chi connectivity index (χ1) is 8.63. The Balaban J connectivity index is 2.34. The highest BCUT2D eigenvalue weighted by atomic mass is 32.2. The first-order valence-electron chi connectivity index (χ1n) is 6.14. The zero-order chi connectivity index (χ0) is 13.1. The lowest BCUT2D eigenvalue weighted by Crippen LogP contribution is -2.43. The smallest absolute Gasteiger partial charge is 0.184 e. The summed E-state index contributed by atoms with van der Waals surface area (Å²) in [5.74, 6) is 2.76. The zero-order valence-corrected chi connectivity index (χ0v) is 11.9. The predicted octanol–water partition coefficient (Wildman–Crippen LogP) is 2.20. The number of ketones is 1. The third kappa shape index (κ3) is 2.70. The molecule has 1 N–H and O–H groups in total. The van der Waals surface area contributed by atoms with Gasteiger partial charge in [-0.25, -0.2) is 0 Å². The average molecular weight is 265 g/mol. The van der Waals surface area contributed by atoms with Gasteiger partial charge >= 0.3 is 0 Å². The third-order valence-corrected chi connectivity index (χ3v) is 4.21. The van der Waals surface area contributed by atoms with Crippen LogP contribution in [0.4, 0.5) is 0 Å². The molecular weight excluding hydrogens is 246 g/mol. The number of carbonyl (C=O) groups excluding carboxylic acids is 1. The molecule has 1 aliphatic heterocycles. The molecule has 0 spiro atoms. The third-order valence-electron chi connectivity index (χ3n) is 3.15. The normalized spacial score (nSPS) is 19.6. The van der Waals surface area contributed by atoms with Gasteiger partial charge in [-0.2, -0.15) is 11.8 Å². The molecule has 0 radical (unpaired) electrons. The fourth-order valence-corrected chi connectivity index (χ4v) is 3.25. The van der Waals surface area contributed by atoms with Crippen molar-refractivity contribution in [1.29, 1.82) is 0 Å². The maximum absolute atomic E-state index is 12.6. The van der Waals surface area contributed by atoms with Crippen LogP contribution >= 0.6 is 11.8 Å². The monoisotopic (exact) mass is 265 g/mol. The zero-order valence-electron chi connectivity index (χ0n) is 11.1. The van der Waals surface area contributed by atoms with Gasteiger partial charge in [0, 0.05) is 18.1 Å². The Kier molecular flexibility index (Phi) is 4.30. The first kappa shape index (κ1) is 13.4. The predicted molar refractivity (Wildman–Crippen MR) is 75.9 cm³/mol. The van der Waals surface area contributed by atoms with Gasteiger partial charge in [0.25, 0.3) is 0 Å². The number of benzene rings is 1. The van der Waals surface area contributed by atoms with Gasteiger partial charge in [-0.15, -0.1) is 0 Å². The lowest BCUT2D eigenvalue weighted by Gasteiger charge is -2.23. The lowest BCUT2D eigenvalue weighted by molar-refractivity contribution is 0.0949. The standard InChI is InChI=1S/C14H19NO2S/c1-9-6-10(2)13(12(7-9)17-3)14(16)11-8-18-5-4-15-11/h6-7,11,15H,4-5,8H2,1-3H3. The minimum Gasteiger partial charge on any atom is -0.496 e. The molecule has 2 rings (SSSR count). The number of carbonyl (C=O) groups is 1. The Morgan fingerprint density at radius 3 is 2.83 bits per heavy atom. The molecule has 1 saturated heterocycles. The Morgan fingerprint density at radius 2 is 2.22 bits per heavy atom. The molecule has 18 heavy (non-hydrogen) atoms. The number of Topliss-reactive ketones (excluding diaryl/α,β-unsaturated/α-hetero) is 1. The van der Waals surface area contributed by atoms with Crippen LogP contribution in [0.1, 0.15) is 21.5 Å². The van der Waals surface area contributed by atoms with E-state index in [2.05, 4.69) is 5.32 Å². The van der Waals surface area contributed by atoms with E-state index in [9.17, 15) is 4.79 Å². The van der Waals surface area contributed by atoms with E-state index >= 15 is 0 Å². The molecule has 1 aliphatic rings. The van der Waals surface area contributed by atoms with E-state index in [0.717, 1.165) is 34.7 Å². The maximum Gasteiger partial charge on any atom is 0.184 e. The number of nitrogens with one attached hydrogen (secondary N) is 1. The minimum atomic E-state index is -0.0842. The summed E-state index contributed by atoms with van der Waals surface area (Å²) in [6, 6.07) is 3.88. The molecule has 1 unspecified atom stereocenters. The van der Waals surface area contributed by atoms with Crippen LogP contribution in [0.2, 0.25) is 0 Å². The molecule has 4 heteroatoms. The molecule has 1 atom stereocenters. The van der Waals surface area contributed by atoms with Gasteiger partial charge in [-0.1, -0.05) is 6.07 Å². The van der Waals surface area contributed by atoms with Gasteiger partial charge in [-0.05, 0) is 31.0 Å². The average Bonchev–Trinajstić information content (AvgIpc) is 2.38. The molecule has 98 valence electrons. The van der Waals surface area contributed by atoms with Crippen molar-refractivity contribution in [3.8, 4) is 5.75 Å². The van der Waals surface area contributed by atoms with Crippen molar-refractivity contribution in [3.63, 3.8) is 0 Å². The Labute approximate surface area is 112 Å². The van der Waals surface area contributed by atoms with Crippen molar-refractivity contribution in [2.45, 2.75) is 19.9 Å². The van der Waals surface area contributed by atoms with Crippen molar-refractivity contribution >= 4 is 17.5 Å². The van der Waals surface area contributed by atoms with Crippen molar-refractivity contribution in [2.75, 3.05) is 25.2 Å². The first-order valence-corrected chi connectivity index (χ1v) is 7.29. The van der Waals surface area contributed by atoms with Crippen molar-refractivity contribution in [2.24, 2.45) is 0 Å². The van der Waals surface area contributed by atoms with E-state index in [-0.39, 0.29) is 11.8 Å². The van der Waals surface area contributed by atoms with Crippen LogP contribution in [-0.2, 0) is 0 Å². The largest absolute Gasteiger partial charge is 0.496 e. The fourth-order valence-electron chi connectivity index (χ4n) is 2.31. The number of thioether (sulfide) groups is 1. The van der Waals surface area contributed by atoms with E-state index in [0.29, 0.717) is 5.75 Å². The summed E-state index contributed by atoms with van der Waals surface area (Å²) >= 11 is 1.82. The summed E-state index contributed by atoms with van der Waals surface area (Å²) in [5.41, 5.74) is 2.84. The quantitative estimate of drug-likeness (QED) is 0.850. The van der Waals surface area contributed by atoms with Gasteiger partial charge in [0.1, 0.15) is 5.75 Å². The van der Waals surface area contributed by atoms with Gasteiger partial charge in [-0.3, -0.25) is 4.79 Å². The summed E-state index contributed by atoms with van der Waals surface area (Å²) in [5, 5.41) is 3.28. The van der Waals surface area contributed by atoms with Crippen LogP contribution in [0.25, 0.3) is 0 Å². The number of hydrogen-bond acceptors (Lipinski definition) is 4. The van der Waals surface area contributed by atoms with Crippen LogP contribution in [0, 0.1) is 13.8 Å². The molecule has 0 aliphatic carbocycles. The molecule has 0 saturated carbocycles. The number of aryl methyl sites for hydroxylation is 2. The number of hydrogen-bond donors (Lipinski definition) is 1. The topological polar surface area (TPSA) is 38.3 Å². The SMILES string of the molecule is COc1cc(C)cc(C)c1C(=O)C1CSCCN1. The Morgan fingerprint density at radius 1 is 1.44 bits per heavy atom. The molecule has 1 heterocycles. The summed E-state index contributed by atoms with van der Waals surface area (Å²) in [7, 11) is 1.62.